The van der Waals surface area contributed by atoms with Crippen LogP contribution in [0.4, 0.5) is 0 Å². The van der Waals surface area contributed by atoms with E-state index in [9.17, 15) is 0 Å². The van der Waals surface area contributed by atoms with Crippen molar-refractivity contribution in [1.82, 2.24) is 5.32 Å². The van der Waals surface area contributed by atoms with Gasteiger partial charge in [-0.2, -0.15) is 0 Å². The first-order valence-corrected chi connectivity index (χ1v) is 5.45. The third-order valence-corrected chi connectivity index (χ3v) is 3.15. The van der Waals surface area contributed by atoms with E-state index in [0.717, 1.165) is 4.34 Å². The molecule has 1 rings (SSSR count). The molecule has 0 aromatic carbocycles. The Morgan fingerprint density at radius 3 is 2.69 bits per heavy atom. The van der Waals surface area contributed by atoms with Crippen molar-refractivity contribution in [3.8, 4) is 0 Å². The minimum Gasteiger partial charge on any atom is -0.392 e. The molecule has 74 valence electrons. The van der Waals surface area contributed by atoms with E-state index >= 15 is 0 Å². The quantitative estimate of drug-likeness (QED) is 0.816. The molecule has 1 unspecified atom stereocenters. The third-order valence-electron chi connectivity index (χ3n) is 1.74. The van der Waals surface area contributed by atoms with Crippen LogP contribution in [0, 0.1) is 0 Å². The van der Waals surface area contributed by atoms with Gasteiger partial charge in [-0.05, 0) is 26.0 Å². The van der Waals surface area contributed by atoms with Crippen molar-refractivity contribution < 1.29 is 5.11 Å². The Morgan fingerprint density at radius 2 is 2.23 bits per heavy atom. The molecular weight excluding hydrogens is 206 g/mol. The summed E-state index contributed by atoms with van der Waals surface area (Å²) in [7, 11) is 0. The summed E-state index contributed by atoms with van der Waals surface area (Å²) in [5, 5.41) is 12.3. The Morgan fingerprint density at radius 1 is 1.54 bits per heavy atom. The predicted molar refractivity (Wildman–Crippen MR) is 57.4 cm³/mol. The van der Waals surface area contributed by atoms with Gasteiger partial charge in [0, 0.05) is 17.5 Å². The molecule has 0 fully saturated rings. The molecule has 0 aliphatic heterocycles. The summed E-state index contributed by atoms with van der Waals surface area (Å²) in [4.78, 5) is 1.20. The molecule has 0 saturated heterocycles. The van der Waals surface area contributed by atoms with Gasteiger partial charge in [0.25, 0.3) is 0 Å². The van der Waals surface area contributed by atoms with Gasteiger partial charge in [0.15, 0.2) is 0 Å². The third kappa shape index (κ3) is 3.65. The molecule has 0 aliphatic carbocycles. The lowest BCUT2D eigenvalue weighted by atomic mass is 10.2. The van der Waals surface area contributed by atoms with Gasteiger partial charge in [-0.3, -0.25) is 0 Å². The molecule has 1 aromatic heterocycles. The molecular formula is C9H14ClNOS. The largest absolute Gasteiger partial charge is 0.392 e. The van der Waals surface area contributed by atoms with E-state index < -0.39 is 0 Å². The van der Waals surface area contributed by atoms with Crippen LogP contribution in [0.5, 0.6) is 0 Å². The second kappa shape index (κ2) is 4.96. The zero-order valence-corrected chi connectivity index (χ0v) is 9.32. The monoisotopic (exact) mass is 219 g/mol. The number of nitrogens with one attached hydrogen (secondary N) is 1. The Balaban J connectivity index is 2.44. The normalized spacial score (nSPS) is 15.7. The van der Waals surface area contributed by atoms with E-state index in [2.05, 4.69) is 12.2 Å². The van der Waals surface area contributed by atoms with Crippen LogP contribution in [0.25, 0.3) is 0 Å². The molecule has 0 radical (unpaired) electrons. The summed E-state index contributed by atoms with van der Waals surface area (Å²) in [6.45, 7) is 4.43. The predicted octanol–water partition coefficient (Wildman–Crippen LogP) is 2.43. The minimum atomic E-state index is -0.308. The highest BCUT2D eigenvalue weighted by molar-refractivity contribution is 7.16. The Bertz CT molecular complexity index is 262. The van der Waals surface area contributed by atoms with Gasteiger partial charge in [-0.15, -0.1) is 11.3 Å². The molecule has 1 aromatic rings. The van der Waals surface area contributed by atoms with Crippen LogP contribution < -0.4 is 5.32 Å². The fraction of sp³-hybridized carbons (Fsp3) is 0.556. The summed E-state index contributed by atoms with van der Waals surface area (Å²) in [6.07, 6.45) is -0.308. The van der Waals surface area contributed by atoms with Crippen LogP contribution in [0.1, 0.15) is 24.8 Å². The van der Waals surface area contributed by atoms with Crippen molar-refractivity contribution >= 4 is 22.9 Å². The first-order valence-electron chi connectivity index (χ1n) is 4.26. The smallest absolute Gasteiger partial charge is 0.0931 e. The summed E-state index contributed by atoms with van der Waals surface area (Å²) in [5.41, 5.74) is 0. The van der Waals surface area contributed by atoms with Crippen molar-refractivity contribution in [1.29, 1.82) is 0 Å². The van der Waals surface area contributed by atoms with Crippen molar-refractivity contribution in [3.05, 3.63) is 21.3 Å². The second-order valence-electron chi connectivity index (χ2n) is 3.12. The summed E-state index contributed by atoms with van der Waals surface area (Å²) in [6, 6.07) is 4.15. The van der Waals surface area contributed by atoms with Gasteiger partial charge < -0.3 is 10.4 Å². The number of thiophene rings is 1. The van der Waals surface area contributed by atoms with Crippen LogP contribution >= 0.6 is 22.9 Å². The number of hydrogen-bond donors (Lipinski definition) is 2. The van der Waals surface area contributed by atoms with Crippen molar-refractivity contribution in [3.63, 3.8) is 0 Å². The number of aliphatic hydroxyl groups is 1. The average molecular weight is 220 g/mol. The first kappa shape index (κ1) is 11.0. The standard InChI is InChI=1S/C9H14ClNOS/c1-6(12)5-11-7(2)8-3-4-9(10)13-8/h3-4,6-7,11-12H,5H2,1-2H3/t6-,7?/m0/s1. The number of aliphatic hydroxyl groups excluding tert-OH is 1. The van der Waals surface area contributed by atoms with Gasteiger partial charge in [0.1, 0.15) is 0 Å². The van der Waals surface area contributed by atoms with E-state index in [-0.39, 0.29) is 12.1 Å². The average Bonchev–Trinajstić information content (AvgIpc) is 2.47. The fourth-order valence-corrected chi connectivity index (χ4v) is 2.10. The Labute approximate surface area is 87.5 Å². The van der Waals surface area contributed by atoms with Crippen molar-refractivity contribution in [2.75, 3.05) is 6.54 Å². The summed E-state index contributed by atoms with van der Waals surface area (Å²) < 4.78 is 0.806. The molecule has 2 N–H and O–H groups in total. The maximum atomic E-state index is 9.07. The van der Waals surface area contributed by atoms with Crippen LogP contribution in [0.3, 0.4) is 0 Å². The molecule has 0 aliphatic rings. The first-order chi connectivity index (χ1) is 6.09. The number of rotatable bonds is 4. The van der Waals surface area contributed by atoms with Crippen molar-refractivity contribution in [2.24, 2.45) is 0 Å². The highest BCUT2D eigenvalue weighted by atomic mass is 35.5. The second-order valence-corrected chi connectivity index (χ2v) is 4.87. The lowest BCUT2D eigenvalue weighted by Crippen LogP contribution is -2.26. The molecule has 0 spiro atoms. The maximum absolute atomic E-state index is 9.07. The molecule has 1 heterocycles. The molecule has 2 nitrogen and oxygen atoms in total. The van der Waals surface area contributed by atoms with Crippen LogP contribution in [-0.4, -0.2) is 17.8 Å². The lowest BCUT2D eigenvalue weighted by molar-refractivity contribution is 0.187. The maximum Gasteiger partial charge on any atom is 0.0931 e. The highest BCUT2D eigenvalue weighted by Crippen LogP contribution is 2.26. The molecule has 0 saturated carbocycles. The Kier molecular flexibility index (Phi) is 4.19. The molecule has 0 bridgehead atoms. The van der Waals surface area contributed by atoms with Crippen molar-refractivity contribution in [2.45, 2.75) is 26.0 Å². The number of halogens is 1. The van der Waals surface area contributed by atoms with Crippen LogP contribution in [-0.2, 0) is 0 Å². The van der Waals surface area contributed by atoms with Gasteiger partial charge >= 0.3 is 0 Å². The molecule has 4 heteroatoms. The molecule has 2 atom stereocenters. The fourth-order valence-electron chi connectivity index (χ4n) is 1.01. The zero-order valence-electron chi connectivity index (χ0n) is 7.75. The lowest BCUT2D eigenvalue weighted by Gasteiger charge is -2.12. The molecule has 13 heavy (non-hydrogen) atoms. The van der Waals surface area contributed by atoms with Gasteiger partial charge in [0.2, 0.25) is 0 Å². The van der Waals surface area contributed by atoms with E-state index in [1.807, 2.05) is 12.1 Å². The van der Waals surface area contributed by atoms with E-state index in [1.54, 1.807) is 18.3 Å². The highest BCUT2D eigenvalue weighted by Gasteiger charge is 2.07. The van der Waals surface area contributed by atoms with Crippen LogP contribution in [0.2, 0.25) is 4.34 Å². The van der Waals surface area contributed by atoms with E-state index in [0.29, 0.717) is 6.54 Å². The van der Waals surface area contributed by atoms with E-state index in [4.69, 9.17) is 16.7 Å². The van der Waals surface area contributed by atoms with Gasteiger partial charge in [-0.25, -0.2) is 0 Å². The van der Waals surface area contributed by atoms with Gasteiger partial charge in [0.05, 0.1) is 10.4 Å². The Hall–Kier alpha value is -0.0900. The topological polar surface area (TPSA) is 32.3 Å². The summed E-state index contributed by atoms with van der Waals surface area (Å²) >= 11 is 7.38. The van der Waals surface area contributed by atoms with E-state index in [1.165, 1.54) is 4.88 Å². The molecule has 0 amide bonds. The SMILES string of the molecule is CC(NC[C@H](C)O)c1ccc(Cl)s1. The van der Waals surface area contributed by atoms with Gasteiger partial charge in [-0.1, -0.05) is 11.6 Å². The number of hydrogen-bond acceptors (Lipinski definition) is 3. The summed E-state index contributed by atoms with van der Waals surface area (Å²) in [5.74, 6) is 0. The zero-order chi connectivity index (χ0) is 9.84. The van der Waals surface area contributed by atoms with Crippen LogP contribution in [0.15, 0.2) is 12.1 Å². The minimum absolute atomic E-state index is 0.257.